The lowest BCUT2D eigenvalue weighted by Crippen LogP contribution is -2.10. The van der Waals surface area contributed by atoms with Gasteiger partial charge in [-0.2, -0.15) is 0 Å². The van der Waals surface area contributed by atoms with Crippen LogP contribution in [0.4, 0.5) is 5.82 Å². The summed E-state index contributed by atoms with van der Waals surface area (Å²) in [6.07, 6.45) is 0.0517. The number of hydrogen-bond donors (Lipinski definition) is 2. The van der Waals surface area contributed by atoms with E-state index in [1.54, 1.807) is 19.1 Å². The number of anilines is 1. The Kier molecular flexibility index (Phi) is 2.67. The summed E-state index contributed by atoms with van der Waals surface area (Å²) in [6.45, 7) is 2.12. The number of carboxylic acids is 1. The Morgan fingerprint density at radius 3 is 3.06 bits per heavy atom. The lowest BCUT2D eigenvalue weighted by atomic mass is 10.4. The summed E-state index contributed by atoms with van der Waals surface area (Å²) in [6, 6.07) is 3.52. The third-order valence-electron chi connectivity index (χ3n) is 1.96. The topological polar surface area (TPSA) is 92.4 Å². The number of carbonyl (C=O) groups is 1. The number of aliphatic carboxylic acids is 1. The molecule has 2 N–H and O–H groups in total. The molecule has 0 bridgehead atoms. The summed E-state index contributed by atoms with van der Waals surface area (Å²) < 4.78 is 1.42. The molecule has 0 amide bonds. The minimum Gasteiger partial charge on any atom is -0.481 e. The number of fused-ring (bicyclic) bond motifs is 1. The van der Waals surface area contributed by atoms with E-state index in [2.05, 4.69) is 20.5 Å². The van der Waals surface area contributed by atoms with Gasteiger partial charge in [0, 0.05) is 6.54 Å². The molecule has 84 valence electrons. The van der Waals surface area contributed by atoms with Crippen molar-refractivity contribution in [2.45, 2.75) is 13.3 Å². The van der Waals surface area contributed by atoms with E-state index in [4.69, 9.17) is 5.11 Å². The van der Waals surface area contributed by atoms with Gasteiger partial charge in [-0.1, -0.05) is 0 Å². The fourth-order valence-electron chi connectivity index (χ4n) is 1.28. The van der Waals surface area contributed by atoms with Crippen molar-refractivity contribution in [3.8, 4) is 0 Å². The van der Waals surface area contributed by atoms with Crippen LogP contribution in [0.5, 0.6) is 0 Å². The molecule has 0 saturated carbocycles. The van der Waals surface area contributed by atoms with Crippen LogP contribution in [0.2, 0.25) is 0 Å². The SMILES string of the molecule is Cc1nc2ccc(NCCC(=O)O)nn2n1. The molecule has 0 saturated heterocycles. The highest BCUT2D eigenvalue weighted by Crippen LogP contribution is 2.04. The molecule has 0 aliphatic carbocycles. The molecule has 0 aliphatic rings. The maximum Gasteiger partial charge on any atom is 0.305 e. The number of rotatable bonds is 4. The van der Waals surface area contributed by atoms with Gasteiger partial charge in [0.25, 0.3) is 0 Å². The van der Waals surface area contributed by atoms with Crippen molar-refractivity contribution in [2.75, 3.05) is 11.9 Å². The van der Waals surface area contributed by atoms with Crippen LogP contribution >= 0.6 is 0 Å². The van der Waals surface area contributed by atoms with Crippen LogP contribution in [-0.4, -0.2) is 37.4 Å². The Hall–Kier alpha value is -2.18. The van der Waals surface area contributed by atoms with Gasteiger partial charge in [-0.3, -0.25) is 4.79 Å². The van der Waals surface area contributed by atoms with Crippen LogP contribution in [0.25, 0.3) is 5.65 Å². The number of carboxylic acid groups (broad SMARTS) is 1. The molecular weight excluding hydrogens is 210 g/mol. The van der Waals surface area contributed by atoms with E-state index in [0.717, 1.165) is 0 Å². The standard InChI is InChI=1S/C9H11N5O2/c1-6-11-8-3-2-7(13-14(8)12-6)10-5-4-9(15)16/h2-3H,4-5H2,1H3,(H,10,13)(H,15,16). The Morgan fingerprint density at radius 2 is 2.31 bits per heavy atom. The third kappa shape index (κ3) is 2.25. The number of hydrogen-bond acceptors (Lipinski definition) is 5. The van der Waals surface area contributed by atoms with Crippen LogP contribution in [0.3, 0.4) is 0 Å². The number of aromatic nitrogens is 4. The minimum atomic E-state index is -0.842. The molecule has 0 aliphatic heterocycles. The first kappa shape index (κ1) is 10.3. The molecule has 0 aromatic carbocycles. The van der Waals surface area contributed by atoms with Crippen molar-refractivity contribution in [3.05, 3.63) is 18.0 Å². The Labute approximate surface area is 91.1 Å². The molecule has 7 heteroatoms. The van der Waals surface area contributed by atoms with E-state index in [9.17, 15) is 4.79 Å². The van der Waals surface area contributed by atoms with E-state index < -0.39 is 5.97 Å². The highest BCUT2D eigenvalue weighted by molar-refractivity contribution is 5.67. The van der Waals surface area contributed by atoms with Gasteiger partial charge in [0.2, 0.25) is 0 Å². The van der Waals surface area contributed by atoms with E-state index >= 15 is 0 Å². The zero-order chi connectivity index (χ0) is 11.5. The lowest BCUT2D eigenvalue weighted by Gasteiger charge is -2.02. The summed E-state index contributed by atoms with van der Waals surface area (Å²) in [4.78, 5) is 14.4. The molecule has 2 aromatic heterocycles. The van der Waals surface area contributed by atoms with Gasteiger partial charge in [0.05, 0.1) is 6.42 Å². The van der Waals surface area contributed by atoms with Crippen LogP contribution in [0.15, 0.2) is 12.1 Å². The Bertz CT molecular complexity index is 522. The summed E-state index contributed by atoms with van der Waals surface area (Å²) >= 11 is 0. The van der Waals surface area contributed by atoms with Gasteiger partial charge in [0.1, 0.15) is 11.6 Å². The zero-order valence-corrected chi connectivity index (χ0v) is 8.71. The first-order chi connectivity index (χ1) is 7.65. The molecule has 2 aromatic rings. The first-order valence-electron chi connectivity index (χ1n) is 4.81. The minimum absolute atomic E-state index is 0.0517. The maximum atomic E-state index is 10.3. The molecule has 0 radical (unpaired) electrons. The van der Waals surface area contributed by atoms with Crippen molar-refractivity contribution in [3.63, 3.8) is 0 Å². The number of aryl methyl sites for hydroxylation is 1. The van der Waals surface area contributed by atoms with E-state index in [1.807, 2.05) is 0 Å². The molecule has 16 heavy (non-hydrogen) atoms. The van der Waals surface area contributed by atoms with Crippen molar-refractivity contribution >= 4 is 17.4 Å². The predicted octanol–water partition coefficient (Wildman–Crippen LogP) is 0.319. The second-order valence-electron chi connectivity index (χ2n) is 3.30. The second-order valence-corrected chi connectivity index (χ2v) is 3.30. The molecule has 0 atom stereocenters. The molecule has 2 rings (SSSR count). The summed E-state index contributed by atoms with van der Waals surface area (Å²) in [7, 11) is 0. The largest absolute Gasteiger partial charge is 0.481 e. The number of nitrogens with one attached hydrogen (secondary N) is 1. The highest BCUT2D eigenvalue weighted by atomic mass is 16.4. The quantitative estimate of drug-likeness (QED) is 0.772. The van der Waals surface area contributed by atoms with Crippen molar-refractivity contribution in [1.82, 2.24) is 19.8 Å². The van der Waals surface area contributed by atoms with Crippen LogP contribution in [0.1, 0.15) is 12.2 Å². The average molecular weight is 221 g/mol. The van der Waals surface area contributed by atoms with Gasteiger partial charge < -0.3 is 10.4 Å². The van der Waals surface area contributed by atoms with Gasteiger partial charge in [0.15, 0.2) is 5.65 Å². The highest BCUT2D eigenvalue weighted by Gasteiger charge is 2.02. The van der Waals surface area contributed by atoms with E-state index in [0.29, 0.717) is 23.8 Å². The van der Waals surface area contributed by atoms with E-state index in [1.165, 1.54) is 4.63 Å². The zero-order valence-electron chi connectivity index (χ0n) is 8.71. The van der Waals surface area contributed by atoms with Gasteiger partial charge in [-0.05, 0) is 19.1 Å². The molecule has 0 fully saturated rings. The summed E-state index contributed by atoms with van der Waals surface area (Å²) in [5.74, 6) is 0.388. The third-order valence-corrected chi connectivity index (χ3v) is 1.96. The monoisotopic (exact) mass is 221 g/mol. The van der Waals surface area contributed by atoms with Crippen LogP contribution in [0, 0.1) is 6.92 Å². The van der Waals surface area contributed by atoms with Crippen LogP contribution < -0.4 is 5.32 Å². The lowest BCUT2D eigenvalue weighted by molar-refractivity contribution is -0.136. The van der Waals surface area contributed by atoms with Crippen molar-refractivity contribution < 1.29 is 9.90 Å². The first-order valence-corrected chi connectivity index (χ1v) is 4.81. The molecule has 2 heterocycles. The van der Waals surface area contributed by atoms with Gasteiger partial charge in [-0.15, -0.1) is 14.8 Å². The normalized spacial score (nSPS) is 10.6. The number of nitrogens with zero attached hydrogens (tertiary/aromatic N) is 4. The maximum absolute atomic E-state index is 10.3. The van der Waals surface area contributed by atoms with Crippen molar-refractivity contribution in [1.29, 1.82) is 0 Å². The van der Waals surface area contributed by atoms with Crippen molar-refractivity contribution in [2.24, 2.45) is 0 Å². The molecular formula is C9H11N5O2. The van der Waals surface area contributed by atoms with Gasteiger partial charge >= 0.3 is 5.97 Å². The van der Waals surface area contributed by atoms with E-state index in [-0.39, 0.29) is 6.42 Å². The average Bonchev–Trinajstić information content (AvgIpc) is 2.56. The molecule has 7 nitrogen and oxygen atoms in total. The molecule has 0 spiro atoms. The fraction of sp³-hybridized carbons (Fsp3) is 0.333. The van der Waals surface area contributed by atoms with Gasteiger partial charge in [-0.25, -0.2) is 4.98 Å². The second kappa shape index (κ2) is 4.13. The van der Waals surface area contributed by atoms with Crippen LogP contribution in [-0.2, 0) is 4.79 Å². The summed E-state index contributed by atoms with van der Waals surface area (Å²) in [5.41, 5.74) is 0.668. The predicted molar refractivity (Wildman–Crippen MR) is 56.3 cm³/mol. The Morgan fingerprint density at radius 1 is 1.50 bits per heavy atom. The fourth-order valence-corrected chi connectivity index (χ4v) is 1.28. The molecule has 0 unspecified atom stereocenters. The summed E-state index contributed by atoms with van der Waals surface area (Å²) in [5, 5.41) is 19.6. The Balaban J connectivity index is 2.10. The smallest absolute Gasteiger partial charge is 0.305 e.